The third-order valence-corrected chi connectivity index (χ3v) is 29.8. The molecule has 1 aromatic heterocycles. The van der Waals surface area contributed by atoms with Crippen LogP contribution in [0.5, 0.6) is 11.5 Å². The van der Waals surface area contributed by atoms with Gasteiger partial charge in [0.15, 0.2) is 25.2 Å². The number of benzene rings is 2. The Morgan fingerprint density at radius 1 is 0.577 bits per heavy atom. The number of aliphatic hydroxyl groups excluding tert-OH is 6. The van der Waals surface area contributed by atoms with Gasteiger partial charge in [-0.3, -0.25) is 39.4 Å². The van der Waals surface area contributed by atoms with Gasteiger partial charge >= 0.3 is 11.9 Å². The molecule has 3 aromatic rings. The number of non-ortho nitro benzene ring substituents is 2. The van der Waals surface area contributed by atoms with Gasteiger partial charge in [0.25, 0.3) is 11.4 Å². The van der Waals surface area contributed by atoms with Gasteiger partial charge in [0.2, 0.25) is 0 Å². The second kappa shape index (κ2) is 54.1. The van der Waals surface area contributed by atoms with Gasteiger partial charge in [-0.25, -0.2) is 0 Å². The SMILES string of the molecule is C#CCCN(C)[C@H]1C[C@@H](C)O[C@@H](O[C@@H]2[C@@H](C)[C@H](OC3C[C@@](C)(OC)[C@@H](O)[C@H](C)O3)[C@@H](C)C(=O)O[C@H](CC)[C@@](C)(O)[C@H](O)[C@@H](C)N(C)C[C@H](C)C[C@@]2(C)O)[C@@H]1O.CC[C@H]1OC(=O)[C@H](C)[C@@H](OC2C[C@@](C)(OC)[C@@H](O)[C@H](C)O2)[C@H](C)[C@@H](O[C@@H]2O[C@H](C)C[C@H](N(C)CCc3cn(CCCOc4ccc([N+](=O)[O-])cc4)nn3)[C@H]2O)[C@](C)(O)C[C@@H](C)CN(C)[C@H](C)[C@@H](O)[C@]1(C)O.[N-]=[N+]=NCCCOc1ccc([N+](=O)[O-])cc1. The van der Waals surface area contributed by atoms with Crippen molar-refractivity contribution in [2.24, 2.45) is 40.6 Å². The molecule has 0 spiro atoms. The first-order chi connectivity index (χ1) is 66.4. The van der Waals surface area contributed by atoms with Crippen molar-refractivity contribution < 1.29 is 137 Å². The number of azide groups is 1. The van der Waals surface area contributed by atoms with E-state index in [1.54, 1.807) is 107 Å². The monoisotopic (exact) mass is 2020 g/mol. The third kappa shape index (κ3) is 32.4. The van der Waals surface area contributed by atoms with Crippen molar-refractivity contribution in [2.75, 3.05) is 88.3 Å². The maximum atomic E-state index is 14.5. The summed E-state index contributed by atoms with van der Waals surface area (Å²) in [6, 6.07) is 9.83. The molecule has 7 heterocycles. The largest absolute Gasteiger partial charge is 0.494 e. The zero-order valence-corrected chi connectivity index (χ0v) is 88.2. The lowest BCUT2D eigenvalue weighted by Crippen LogP contribution is -2.61. The molecular formula is C100H168N12O30. The summed E-state index contributed by atoms with van der Waals surface area (Å²) in [4.78, 5) is 59.6. The number of nitro groups is 2. The first kappa shape index (κ1) is 122. The first-order valence-electron chi connectivity index (χ1n) is 50.0. The van der Waals surface area contributed by atoms with E-state index < -0.39 is 208 Å². The number of nitro benzene ring substituents is 2. The van der Waals surface area contributed by atoms with Crippen molar-refractivity contribution in [1.82, 2.24) is 34.6 Å². The second-order valence-electron chi connectivity index (χ2n) is 41.9. The molecule has 36 atom stereocenters. The van der Waals surface area contributed by atoms with Gasteiger partial charge in [0.05, 0.1) is 112 Å². The van der Waals surface area contributed by atoms with Gasteiger partial charge in [-0.15, -0.1) is 17.4 Å². The number of nitrogens with zero attached hydrogens (tertiary/aromatic N) is 12. The molecule has 10 N–H and O–H groups in total. The van der Waals surface area contributed by atoms with E-state index in [-0.39, 0.29) is 80.0 Å². The summed E-state index contributed by atoms with van der Waals surface area (Å²) in [5.74, 6) is -1.73. The molecule has 0 saturated carbocycles. The third-order valence-electron chi connectivity index (χ3n) is 29.8. The minimum atomic E-state index is -1.84. The Bertz CT molecular complexity index is 4440. The van der Waals surface area contributed by atoms with E-state index in [2.05, 4.69) is 26.3 Å². The van der Waals surface area contributed by atoms with Crippen LogP contribution in [0.4, 0.5) is 11.4 Å². The quantitative estimate of drug-likeness (QED) is 0.00422. The molecule has 42 heteroatoms. The van der Waals surface area contributed by atoms with Crippen molar-refractivity contribution in [2.45, 2.75) is 403 Å². The molecule has 42 nitrogen and oxygen atoms in total. The molecule has 0 radical (unpaired) electrons. The Kier molecular flexibility index (Phi) is 46.4. The molecule has 6 fully saturated rings. The number of likely N-dealkylation sites (N-methyl/N-ethyl adjacent to an activating group) is 4. The van der Waals surface area contributed by atoms with Crippen LogP contribution >= 0.6 is 0 Å². The van der Waals surface area contributed by atoms with Crippen LogP contribution in [-0.4, -0.2) is 376 Å². The number of aryl methyl sites for hydroxylation is 1. The average Bonchev–Trinajstić information content (AvgIpc) is 1.13. The van der Waals surface area contributed by atoms with Gasteiger partial charge in [0, 0.05) is 157 Å². The molecule has 6 aliphatic rings. The number of hydrogen-bond acceptors (Lipinski definition) is 37. The highest BCUT2D eigenvalue weighted by atomic mass is 16.7. The molecular weight excluding hydrogens is 1850 g/mol. The Morgan fingerprint density at radius 2 is 0.965 bits per heavy atom. The van der Waals surface area contributed by atoms with Gasteiger partial charge in [-0.05, 0) is 212 Å². The highest BCUT2D eigenvalue weighted by molar-refractivity contribution is 5.73. The fourth-order valence-electron chi connectivity index (χ4n) is 20.9. The number of cyclic esters (lactones) is 2. The Labute approximate surface area is 837 Å². The fraction of sp³-hybridized carbons (Fsp3) is 0.820. The lowest BCUT2D eigenvalue weighted by Gasteiger charge is -2.49. The fourth-order valence-corrected chi connectivity index (χ4v) is 20.9. The lowest BCUT2D eigenvalue weighted by atomic mass is 9.77. The summed E-state index contributed by atoms with van der Waals surface area (Å²) in [6.07, 6.45) is -8.09. The number of terminal acetylenes is 1. The molecule has 0 bridgehead atoms. The van der Waals surface area contributed by atoms with Crippen molar-refractivity contribution in [3.63, 3.8) is 0 Å². The number of carbonyl (C=O) groups is 2. The number of esters is 2. The van der Waals surface area contributed by atoms with Gasteiger partial charge < -0.3 is 132 Å². The maximum absolute atomic E-state index is 14.5. The lowest BCUT2D eigenvalue weighted by molar-refractivity contribution is -0.385. The molecule has 0 aliphatic carbocycles. The highest BCUT2D eigenvalue weighted by Gasteiger charge is 2.57. The van der Waals surface area contributed by atoms with Crippen molar-refractivity contribution in [3.8, 4) is 23.8 Å². The van der Waals surface area contributed by atoms with Crippen LogP contribution in [-0.2, 0) is 79.4 Å². The van der Waals surface area contributed by atoms with Crippen LogP contribution in [0.15, 0.2) is 59.8 Å². The van der Waals surface area contributed by atoms with E-state index in [1.165, 1.54) is 64.5 Å². The smallest absolute Gasteiger partial charge is 0.311 e. The topological polar surface area (TPSA) is 544 Å². The predicted octanol–water partition coefficient (Wildman–Crippen LogP) is 8.45. The van der Waals surface area contributed by atoms with Crippen molar-refractivity contribution >= 4 is 23.3 Å². The van der Waals surface area contributed by atoms with Crippen LogP contribution < -0.4 is 9.47 Å². The number of ether oxygens (including phenoxy) is 14. The summed E-state index contributed by atoms with van der Waals surface area (Å²) in [7, 11) is 10.5. The summed E-state index contributed by atoms with van der Waals surface area (Å²) < 4.78 is 88.7. The Morgan fingerprint density at radius 3 is 1.33 bits per heavy atom. The first-order valence-corrected chi connectivity index (χ1v) is 50.0. The number of carbonyl (C=O) groups excluding carboxylic acids is 2. The molecule has 142 heavy (non-hydrogen) atoms. The standard InChI is InChI=1S/C50H84N6O15.C41H74N2O12.C9H10N4O3/c1-14-39-50(10,62)43(58)33(6)54(12)27-29(2)25-48(8,61)45(31(4)42(32(5)46(60)69-39)70-40-26-49(9,65-13)44(59)34(7)68-40)71-47-41(57)38(24-30(3)67-47)53(11)22-20-35-28-55(52-51-35)21-15-23-66-37-18-16-36(17-19-37)56(63)64;1-15-17-18-42(12)29-19-24(4)51-38(32(29)44)55-36-25(5)33(54-31-21-40(10,50-14)35(46)28(8)52-31)26(6)37(47)53-30(16-2)41(11,49)34(45)27(7)43(13)22-23(3)20-39(36,9)48;10-12-11-6-1-7-16-9-4-2-8(3-5-9)13(14)15/h16-19,28-34,38-45,47,57-59,61-62H,14-15,20-27H2,1-13H3;1,23-36,38,44-46,48-49H,16-22H2,2-14H3;2-5H,1,6-7H2/t29-,30-,31+,32-,33-,34+,38+,39-,40?,41-,42+,43-,44+,45-,47+,48-,49-,50-;23-,24-,25+,26-,27-,28+,29+,30-,31?,32-,33+,34-,35+,36-,38+,39-,40-,41-;/m11./s1. The number of hydrogen-bond donors (Lipinski definition) is 10. The second-order valence-corrected chi connectivity index (χ2v) is 41.9. The zero-order chi connectivity index (χ0) is 106. The summed E-state index contributed by atoms with van der Waals surface area (Å²) >= 11 is 0. The van der Waals surface area contributed by atoms with Crippen LogP contribution in [0.3, 0.4) is 0 Å². The van der Waals surface area contributed by atoms with Crippen LogP contribution in [0.25, 0.3) is 10.4 Å². The minimum Gasteiger partial charge on any atom is -0.494 e. The molecule has 6 saturated heterocycles. The van der Waals surface area contributed by atoms with Crippen LogP contribution in [0.1, 0.15) is 215 Å². The van der Waals surface area contributed by atoms with E-state index >= 15 is 0 Å². The van der Waals surface area contributed by atoms with E-state index in [0.717, 1.165) is 5.69 Å². The van der Waals surface area contributed by atoms with Crippen molar-refractivity contribution in [3.05, 3.63) is 91.1 Å². The van der Waals surface area contributed by atoms with E-state index in [4.69, 9.17) is 78.3 Å². The van der Waals surface area contributed by atoms with E-state index in [9.17, 15) is 80.9 Å². The number of aromatic nitrogens is 3. The van der Waals surface area contributed by atoms with Gasteiger partial charge in [-0.1, -0.05) is 51.9 Å². The Balaban J connectivity index is 0.000000340. The van der Waals surface area contributed by atoms with E-state index in [1.807, 2.05) is 88.6 Å². The Hall–Kier alpha value is -7.17. The van der Waals surface area contributed by atoms with Crippen LogP contribution in [0.2, 0.25) is 0 Å². The number of methoxy groups -OCH3 is 2. The predicted molar refractivity (Wildman–Crippen MR) is 524 cm³/mol. The van der Waals surface area contributed by atoms with E-state index in [0.29, 0.717) is 103 Å². The summed E-state index contributed by atoms with van der Waals surface area (Å²) in [6.45, 7) is 38.6. The normalized spacial score (nSPS) is 39.1. The highest BCUT2D eigenvalue weighted by Crippen LogP contribution is 2.45. The number of aliphatic hydroxyl groups is 10. The van der Waals surface area contributed by atoms with Crippen LogP contribution in [0, 0.1) is 68.1 Å². The molecule has 2 aromatic carbocycles. The minimum absolute atomic E-state index is 0.00559. The molecule has 0 amide bonds. The molecule has 2 unspecified atom stereocenters. The summed E-state index contributed by atoms with van der Waals surface area (Å²) in [5, 5.41) is 151. The average molecular weight is 2020 g/mol. The molecule has 9 rings (SSSR count). The van der Waals surface area contributed by atoms with Crippen molar-refractivity contribution in [1.29, 1.82) is 0 Å². The zero-order valence-electron chi connectivity index (χ0n) is 88.2. The maximum Gasteiger partial charge on any atom is 0.311 e. The summed E-state index contributed by atoms with van der Waals surface area (Å²) in [5.41, 5.74) is -0.193. The van der Waals surface area contributed by atoms with Gasteiger partial charge in [-0.2, -0.15) is 0 Å². The molecule has 6 aliphatic heterocycles. The van der Waals surface area contributed by atoms with Gasteiger partial charge in [0.1, 0.15) is 71.5 Å². The molecule has 808 valence electrons. The number of rotatable bonds is 31.